The molecule has 2 N–H and O–H groups in total. The molecule has 0 saturated heterocycles. The molecule has 0 spiro atoms. The van der Waals surface area contributed by atoms with Crippen molar-refractivity contribution in [3.8, 4) is 0 Å². The topological polar surface area (TPSA) is 144 Å². The van der Waals surface area contributed by atoms with Crippen LogP contribution in [0.25, 0.3) is 0 Å². The van der Waals surface area contributed by atoms with Gasteiger partial charge in [0.15, 0.2) is 23.1 Å². The Morgan fingerprint density at radius 3 is 2.43 bits per heavy atom. The molecule has 202 valence electrons. The number of allylic oxidation sites excluding steroid dienone is 4. The fourth-order valence-electron chi connectivity index (χ4n) is 7.87. The summed E-state index contributed by atoms with van der Waals surface area (Å²) in [7, 11) is 1.13. The molecule has 4 rings (SSSR count). The van der Waals surface area contributed by atoms with E-state index in [2.05, 4.69) is 4.74 Å². The second kappa shape index (κ2) is 8.85. The second-order valence-electron chi connectivity index (χ2n) is 11.4. The average Bonchev–Trinajstić information content (AvgIpc) is 3.07. The number of ether oxygens (including phenoxy) is 2. The number of alkyl halides is 1. The summed E-state index contributed by atoms with van der Waals surface area (Å²) in [6, 6.07) is 0. The zero-order chi connectivity index (χ0) is 27.7. The van der Waals surface area contributed by atoms with Crippen molar-refractivity contribution in [2.75, 3.05) is 13.7 Å². The maximum absolute atomic E-state index is 13.5. The third kappa shape index (κ3) is 3.39. The third-order valence-electron chi connectivity index (χ3n) is 9.75. The largest absolute Gasteiger partial charge is 0.468 e. The maximum Gasteiger partial charge on any atom is 0.321 e. The van der Waals surface area contributed by atoms with Crippen LogP contribution < -0.4 is 0 Å². The van der Waals surface area contributed by atoms with E-state index in [0.717, 1.165) is 7.11 Å². The Morgan fingerprint density at radius 1 is 1.19 bits per heavy atom. The standard InChI is InChI=1S/C27H33ClO9/c1-13-8-16-17-10-19(31)18-9-15(30)6-7-24(18,3)26(17,28)20(32)11-25(16,4)27(13,21(33)12-29)37-23(35)14(2)22(34)36-5/h6-7,9,13-14,16-17,20,29,32H,8,10-12H2,1-5H3/t13-,14?,16-,17-,20-,24-,25-,26-,27-/m0/s1. The molecular formula is C27H33ClO9. The minimum absolute atomic E-state index is 0.0635. The van der Waals surface area contributed by atoms with Gasteiger partial charge in [0.1, 0.15) is 6.61 Å². The minimum atomic E-state index is -1.87. The summed E-state index contributed by atoms with van der Waals surface area (Å²) in [6.07, 6.45) is 3.10. The molecule has 0 aromatic heterocycles. The molecule has 3 fully saturated rings. The van der Waals surface area contributed by atoms with Crippen LogP contribution in [0.1, 0.15) is 47.0 Å². The predicted octanol–water partition coefficient (Wildman–Crippen LogP) is 1.70. The highest BCUT2D eigenvalue weighted by atomic mass is 35.5. The lowest BCUT2D eigenvalue weighted by Crippen LogP contribution is -2.70. The fraction of sp³-hybridized carbons (Fsp3) is 0.667. The van der Waals surface area contributed by atoms with Crippen molar-refractivity contribution in [1.29, 1.82) is 0 Å². The number of hydrogen-bond acceptors (Lipinski definition) is 9. The number of halogens is 1. The lowest BCUT2D eigenvalue weighted by atomic mass is 9.45. The number of hydrogen-bond donors (Lipinski definition) is 2. The quantitative estimate of drug-likeness (QED) is 0.304. The summed E-state index contributed by atoms with van der Waals surface area (Å²) < 4.78 is 10.5. The Hall–Kier alpha value is -2.36. The SMILES string of the molecule is COC(=O)C(C)C(=O)O[C@]1(C(=O)CO)[C@@H](C)C[C@H]2[C@@H]3CC(=O)C4=CC(=O)C=C[C@]4(C)[C@@]3(Cl)[C@@H](O)C[C@@]21C. The van der Waals surface area contributed by atoms with Crippen LogP contribution in [-0.4, -0.2) is 69.8 Å². The van der Waals surface area contributed by atoms with E-state index in [9.17, 15) is 34.2 Å². The van der Waals surface area contributed by atoms with Crippen molar-refractivity contribution >= 4 is 40.9 Å². The van der Waals surface area contributed by atoms with E-state index in [0.29, 0.717) is 6.42 Å². The van der Waals surface area contributed by atoms with E-state index in [1.165, 1.54) is 19.1 Å². The molecule has 3 saturated carbocycles. The highest BCUT2D eigenvalue weighted by Crippen LogP contribution is 2.71. The first-order chi connectivity index (χ1) is 17.1. The Balaban J connectivity index is 1.85. The van der Waals surface area contributed by atoms with Crippen LogP contribution >= 0.6 is 11.6 Å². The Morgan fingerprint density at radius 2 is 1.84 bits per heavy atom. The van der Waals surface area contributed by atoms with Crippen LogP contribution in [0, 0.1) is 34.5 Å². The Labute approximate surface area is 220 Å². The first kappa shape index (κ1) is 27.7. The van der Waals surface area contributed by atoms with Crippen molar-refractivity contribution in [2.45, 2.75) is 63.5 Å². The summed E-state index contributed by atoms with van der Waals surface area (Å²) in [5.41, 5.74) is -3.99. The van der Waals surface area contributed by atoms with Gasteiger partial charge < -0.3 is 19.7 Å². The molecule has 0 bridgehead atoms. The molecule has 9 atom stereocenters. The molecule has 0 heterocycles. The fourth-order valence-corrected chi connectivity index (χ4v) is 8.34. The van der Waals surface area contributed by atoms with Crippen LogP contribution in [0.5, 0.6) is 0 Å². The lowest BCUT2D eigenvalue weighted by molar-refractivity contribution is -0.206. The average molecular weight is 537 g/mol. The smallest absolute Gasteiger partial charge is 0.321 e. The number of aliphatic hydroxyl groups is 2. The number of carbonyl (C=O) groups is 5. The van der Waals surface area contributed by atoms with Crippen molar-refractivity contribution in [1.82, 2.24) is 0 Å². The van der Waals surface area contributed by atoms with E-state index < -0.39 is 75.4 Å². The van der Waals surface area contributed by atoms with E-state index in [1.54, 1.807) is 26.8 Å². The highest BCUT2D eigenvalue weighted by Gasteiger charge is 2.77. The normalized spacial score (nSPS) is 43.2. The van der Waals surface area contributed by atoms with Gasteiger partial charge >= 0.3 is 11.9 Å². The monoisotopic (exact) mass is 536 g/mol. The molecule has 4 aliphatic rings. The van der Waals surface area contributed by atoms with E-state index in [1.807, 2.05) is 0 Å². The van der Waals surface area contributed by atoms with Gasteiger partial charge in [-0.15, -0.1) is 11.6 Å². The van der Waals surface area contributed by atoms with Gasteiger partial charge in [-0.05, 0) is 43.8 Å². The Kier molecular flexibility index (Phi) is 6.62. The van der Waals surface area contributed by atoms with Crippen molar-refractivity contribution < 1.29 is 43.7 Å². The van der Waals surface area contributed by atoms with Crippen molar-refractivity contribution in [2.24, 2.45) is 34.5 Å². The van der Waals surface area contributed by atoms with Gasteiger partial charge in [0.2, 0.25) is 5.78 Å². The molecule has 0 radical (unpaired) electrons. The summed E-state index contributed by atoms with van der Waals surface area (Å²) in [4.78, 5) is 62.6. The third-order valence-corrected chi connectivity index (χ3v) is 10.7. The number of esters is 2. The summed E-state index contributed by atoms with van der Waals surface area (Å²) in [6.45, 7) is 5.53. The first-order valence-electron chi connectivity index (χ1n) is 12.5. The van der Waals surface area contributed by atoms with Crippen LogP contribution in [0.15, 0.2) is 23.8 Å². The van der Waals surface area contributed by atoms with Crippen LogP contribution in [0.2, 0.25) is 0 Å². The number of fused-ring (bicyclic) bond motifs is 5. The van der Waals surface area contributed by atoms with Gasteiger partial charge in [-0.1, -0.05) is 26.8 Å². The van der Waals surface area contributed by atoms with Gasteiger partial charge in [0, 0.05) is 28.7 Å². The van der Waals surface area contributed by atoms with Crippen LogP contribution in [-0.2, 0) is 33.4 Å². The van der Waals surface area contributed by atoms with Crippen LogP contribution in [0.4, 0.5) is 0 Å². The molecule has 9 nitrogen and oxygen atoms in total. The van der Waals surface area contributed by atoms with Crippen molar-refractivity contribution in [3.05, 3.63) is 23.8 Å². The molecule has 0 aromatic rings. The molecule has 0 aromatic carbocycles. The minimum Gasteiger partial charge on any atom is -0.468 e. The van der Waals surface area contributed by atoms with E-state index in [-0.39, 0.29) is 30.0 Å². The lowest BCUT2D eigenvalue weighted by Gasteiger charge is -2.63. The first-order valence-corrected chi connectivity index (χ1v) is 12.8. The number of ketones is 3. The maximum atomic E-state index is 13.5. The molecule has 10 heteroatoms. The van der Waals surface area contributed by atoms with Gasteiger partial charge in [-0.25, -0.2) is 0 Å². The summed E-state index contributed by atoms with van der Waals surface area (Å²) in [5, 5.41) is 21.7. The number of methoxy groups -OCH3 is 1. The zero-order valence-electron chi connectivity index (χ0n) is 21.6. The van der Waals surface area contributed by atoms with Crippen molar-refractivity contribution in [3.63, 3.8) is 0 Å². The Bertz CT molecular complexity index is 1140. The van der Waals surface area contributed by atoms with Gasteiger partial charge in [0.05, 0.1) is 18.1 Å². The highest BCUT2D eigenvalue weighted by molar-refractivity contribution is 6.28. The second-order valence-corrected chi connectivity index (χ2v) is 12.0. The molecule has 37 heavy (non-hydrogen) atoms. The number of carbonyl (C=O) groups excluding carboxylic acids is 5. The summed E-state index contributed by atoms with van der Waals surface area (Å²) in [5.74, 6) is -6.21. The van der Waals surface area contributed by atoms with E-state index >= 15 is 0 Å². The van der Waals surface area contributed by atoms with Gasteiger partial charge in [-0.2, -0.15) is 0 Å². The molecular weight excluding hydrogens is 504 g/mol. The van der Waals surface area contributed by atoms with E-state index in [4.69, 9.17) is 16.3 Å². The van der Waals surface area contributed by atoms with Gasteiger partial charge in [-0.3, -0.25) is 24.0 Å². The number of rotatable bonds is 5. The number of Topliss-reactive ketones (excluding diaryl/α,β-unsaturated/α-hetero) is 2. The van der Waals surface area contributed by atoms with Crippen LogP contribution in [0.3, 0.4) is 0 Å². The molecule has 0 amide bonds. The molecule has 0 aliphatic heterocycles. The van der Waals surface area contributed by atoms with Gasteiger partial charge in [0.25, 0.3) is 0 Å². The molecule has 4 aliphatic carbocycles. The zero-order valence-corrected chi connectivity index (χ0v) is 22.3. The predicted molar refractivity (Wildman–Crippen MR) is 130 cm³/mol. The molecule has 1 unspecified atom stereocenters. The number of aliphatic hydroxyl groups excluding tert-OH is 2. The summed E-state index contributed by atoms with van der Waals surface area (Å²) >= 11 is 7.35.